The molecular weight excluding hydrogens is 260 g/mol. The van der Waals surface area contributed by atoms with E-state index in [1.807, 2.05) is 13.8 Å². The molecule has 1 heterocycles. The van der Waals surface area contributed by atoms with Crippen molar-refractivity contribution >= 4 is 5.91 Å². The van der Waals surface area contributed by atoms with E-state index in [9.17, 15) is 14.4 Å². The first-order chi connectivity index (χ1) is 9.23. The van der Waals surface area contributed by atoms with Crippen LogP contribution in [0.3, 0.4) is 0 Å². The zero-order valence-electron chi connectivity index (χ0n) is 12.6. The highest BCUT2D eigenvalue weighted by Gasteiger charge is 2.13. The Bertz CT molecular complexity index is 601. The number of rotatable bonds is 5. The van der Waals surface area contributed by atoms with Crippen LogP contribution >= 0.6 is 0 Å². The van der Waals surface area contributed by atoms with Crippen molar-refractivity contribution in [1.82, 2.24) is 19.4 Å². The lowest BCUT2D eigenvalue weighted by Crippen LogP contribution is -2.42. The van der Waals surface area contributed by atoms with E-state index in [2.05, 4.69) is 5.32 Å². The van der Waals surface area contributed by atoms with Crippen molar-refractivity contribution < 1.29 is 4.79 Å². The SMILES string of the molecule is CC(C)NCC(=O)N(C)Cc1cn(C)c(=O)n(C)c1=O. The first-order valence-electron chi connectivity index (χ1n) is 6.47. The second kappa shape index (κ2) is 6.51. The molecule has 0 aliphatic carbocycles. The number of amides is 1. The van der Waals surface area contributed by atoms with E-state index >= 15 is 0 Å². The Morgan fingerprint density at radius 3 is 2.50 bits per heavy atom. The van der Waals surface area contributed by atoms with E-state index in [4.69, 9.17) is 0 Å². The fourth-order valence-electron chi connectivity index (χ4n) is 1.76. The van der Waals surface area contributed by atoms with Crippen LogP contribution in [0.5, 0.6) is 0 Å². The molecule has 0 aromatic carbocycles. The smallest absolute Gasteiger partial charge is 0.330 e. The molecule has 0 unspecified atom stereocenters. The Kier molecular flexibility index (Phi) is 5.26. The molecule has 1 aromatic rings. The number of hydrogen-bond donors (Lipinski definition) is 1. The number of nitrogens with zero attached hydrogens (tertiary/aromatic N) is 3. The molecule has 1 N–H and O–H groups in total. The summed E-state index contributed by atoms with van der Waals surface area (Å²) in [4.78, 5) is 36.9. The first-order valence-corrected chi connectivity index (χ1v) is 6.47. The van der Waals surface area contributed by atoms with Crippen molar-refractivity contribution in [2.24, 2.45) is 14.1 Å². The predicted octanol–water partition coefficient (Wildman–Crippen LogP) is -0.960. The Labute approximate surface area is 117 Å². The molecule has 112 valence electrons. The van der Waals surface area contributed by atoms with Crippen LogP contribution in [0.1, 0.15) is 19.4 Å². The molecule has 0 fully saturated rings. The fourth-order valence-corrected chi connectivity index (χ4v) is 1.76. The van der Waals surface area contributed by atoms with Crippen molar-refractivity contribution in [2.75, 3.05) is 13.6 Å². The summed E-state index contributed by atoms with van der Waals surface area (Å²) in [6, 6.07) is 0.220. The molecule has 0 aliphatic rings. The summed E-state index contributed by atoms with van der Waals surface area (Å²) in [7, 11) is 4.64. The molecular formula is C13H22N4O3. The van der Waals surface area contributed by atoms with Gasteiger partial charge in [-0.2, -0.15) is 0 Å². The van der Waals surface area contributed by atoms with Gasteiger partial charge in [-0.3, -0.25) is 14.2 Å². The summed E-state index contributed by atoms with van der Waals surface area (Å²) in [5, 5.41) is 3.03. The summed E-state index contributed by atoms with van der Waals surface area (Å²) in [5.74, 6) is -0.102. The summed E-state index contributed by atoms with van der Waals surface area (Å²) in [6.07, 6.45) is 1.48. The third-order valence-electron chi connectivity index (χ3n) is 3.01. The van der Waals surface area contributed by atoms with Gasteiger partial charge in [0.25, 0.3) is 5.56 Å². The number of nitrogens with one attached hydrogen (secondary N) is 1. The van der Waals surface area contributed by atoms with Gasteiger partial charge in [-0.25, -0.2) is 4.79 Å². The Hall–Kier alpha value is -1.89. The molecule has 0 saturated carbocycles. The van der Waals surface area contributed by atoms with Crippen LogP contribution in [-0.4, -0.2) is 39.6 Å². The molecule has 1 rings (SSSR count). The molecule has 0 aliphatic heterocycles. The van der Waals surface area contributed by atoms with Crippen LogP contribution < -0.4 is 16.6 Å². The highest BCUT2D eigenvalue weighted by Crippen LogP contribution is 1.96. The molecule has 0 bridgehead atoms. The standard InChI is InChI=1S/C13H22N4O3/c1-9(2)14-6-11(18)15(3)7-10-8-16(4)13(20)17(5)12(10)19/h8-9,14H,6-7H2,1-5H3. The molecule has 1 aromatic heterocycles. The van der Waals surface area contributed by atoms with Crippen molar-refractivity contribution in [2.45, 2.75) is 26.4 Å². The van der Waals surface area contributed by atoms with E-state index in [1.54, 1.807) is 14.1 Å². The van der Waals surface area contributed by atoms with Gasteiger partial charge >= 0.3 is 5.69 Å². The zero-order valence-corrected chi connectivity index (χ0v) is 12.6. The minimum atomic E-state index is -0.380. The van der Waals surface area contributed by atoms with Crippen LogP contribution in [0.4, 0.5) is 0 Å². The van der Waals surface area contributed by atoms with Gasteiger partial charge in [-0.15, -0.1) is 0 Å². The van der Waals surface area contributed by atoms with Crippen LogP contribution in [0.15, 0.2) is 15.8 Å². The normalized spacial score (nSPS) is 10.9. The first kappa shape index (κ1) is 16.2. The molecule has 0 radical (unpaired) electrons. The van der Waals surface area contributed by atoms with Crippen LogP contribution in [0.25, 0.3) is 0 Å². The third kappa shape index (κ3) is 3.80. The van der Waals surface area contributed by atoms with Gasteiger partial charge in [-0.05, 0) is 0 Å². The largest absolute Gasteiger partial charge is 0.340 e. The highest BCUT2D eigenvalue weighted by molar-refractivity contribution is 5.77. The molecule has 0 spiro atoms. The second-order valence-corrected chi connectivity index (χ2v) is 5.20. The molecule has 1 amide bonds. The number of aromatic nitrogens is 2. The summed E-state index contributed by atoms with van der Waals surface area (Å²) in [5.41, 5.74) is -0.339. The monoisotopic (exact) mass is 282 g/mol. The maximum Gasteiger partial charge on any atom is 0.330 e. The quantitative estimate of drug-likeness (QED) is 0.755. The summed E-state index contributed by atoms with van der Waals surface area (Å²) >= 11 is 0. The van der Waals surface area contributed by atoms with Gasteiger partial charge in [0.1, 0.15) is 0 Å². The van der Waals surface area contributed by atoms with Gasteiger partial charge < -0.3 is 14.8 Å². The van der Waals surface area contributed by atoms with E-state index in [-0.39, 0.29) is 36.3 Å². The Morgan fingerprint density at radius 1 is 1.35 bits per heavy atom. The maximum atomic E-state index is 12.0. The number of aryl methyl sites for hydroxylation is 1. The highest BCUT2D eigenvalue weighted by atomic mass is 16.2. The van der Waals surface area contributed by atoms with Crippen molar-refractivity contribution in [3.05, 3.63) is 32.6 Å². The average molecular weight is 282 g/mol. The van der Waals surface area contributed by atoms with Gasteiger partial charge in [0.15, 0.2) is 0 Å². The minimum Gasteiger partial charge on any atom is -0.340 e. The lowest BCUT2D eigenvalue weighted by atomic mass is 10.3. The lowest BCUT2D eigenvalue weighted by molar-refractivity contribution is -0.129. The van der Waals surface area contributed by atoms with Gasteiger partial charge in [0.2, 0.25) is 5.91 Å². The van der Waals surface area contributed by atoms with E-state index in [0.717, 1.165) is 4.57 Å². The molecule has 7 heteroatoms. The maximum absolute atomic E-state index is 12.0. The minimum absolute atomic E-state index is 0.102. The Morgan fingerprint density at radius 2 is 1.95 bits per heavy atom. The van der Waals surface area contributed by atoms with E-state index in [0.29, 0.717) is 5.56 Å². The molecule has 0 atom stereocenters. The van der Waals surface area contributed by atoms with Crippen LogP contribution in [-0.2, 0) is 25.4 Å². The number of likely N-dealkylation sites (N-methyl/N-ethyl adjacent to an activating group) is 1. The van der Waals surface area contributed by atoms with Crippen molar-refractivity contribution in [1.29, 1.82) is 0 Å². The van der Waals surface area contributed by atoms with E-state index < -0.39 is 0 Å². The predicted molar refractivity (Wildman–Crippen MR) is 76.5 cm³/mol. The summed E-state index contributed by atoms with van der Waals surface area (Å²) in [6.45, 7) is 4.31. The number of hydrogen-bond acceptors (Lipinski definition) is 4. The van der Waals surface area contributed by atoms with Gasteiger partial charge in [-0.1, -0.05) is 13.8 Å². The van der Waals surface area contributed by atoms with Crippen molar-refractivity contribution in [3.63, 3.8) is 0 Å². The third-order valence-corrected chi connectivity index (χ3v) is 3.01. The topological polar surface area (TPSA) is 76.3 Å². The van der Waals surface area contributed by atoms with Crippen LogP contribution in [0.2, 0.25) is 0 Å². The van der Waals surface area contributed by atoms with Crippen LogP contribution in [0, 0.1) is 0 Å². The average Bonchev–Trinajstić information content (AvgIpc) is 2.39. The van der Waals surface area contributed by atoms with E-state index in [1.165, 1.54) is 22.7 Å². The number of carbonyl (C=O) groups excluding carboxylic acids is 1. The molecule has 20 heavy (non-hydrogen) atoms. The molecule has 7 nitrogen and oxygen atoms in total. The Balaban J connectivity index is 2.86. The van der Waals surface area contributed by atoms with Gasteiger partial charge in [0.05, 0.1) is 18.7 Å². The lowest BCUT2D eigenvalue weighted by Gasteiger charge is -2.18. The number of carbonyl (C=O) groups is 1. The molecule has 0 saturated heterocycles. The van der Waals surface area contributed by atoms with Crippen molar-refractivity contribution in [3.8, 4) is 0 Å². The van der Waals surface area contributed by atoms with Gasteiger partial charge in [0, 0.05) is 33.4 Å². The summed E-state index contributed by atoms with van der Waals surface area (Å²) < 4.78 is 2.38. The fraction of sp³-hybridized carbons (Fsp3) is 0.615. The zero-order chi connectivity index (χ0) is 15.4. The second-order valence-electron chi connectivity index (χ2n) is 5.20.